The van der Waals surface area contributed by atoms with Gasteiger partial charge in [-0.3, -0.25) is 0 Å². The fraction of sp³-hybridized carbons (Fsp3) is 0.786. The Balaban J connectivity index is 2.80. The molecule has 16 heavy (non-hydrogen) atoms. The zero-order chi connectivity index (χ0) is 12.3. The van der Waals surface area contributed by atoms with Crippen LogP contribution in [0.3, 0.4) is 0 Å². The van der Waals surface area contributed by atoms with Crippen LogP contribution in [0.1, 0.15) is 71.8 Å². The molecule has 0 aliphatic carbocycles. The van der Waals surface area contributed by atoms with E-state index in [2.05, 4.69) is 51.5 Å². The zero-order valence-electron chi connectivity index (χ0n) is 11.6. The number of hydrogen-bond acceptors (Lipinski definition) is 1. The highest BCUT2D eigenvalue weighted by Crippen LogP contribution is 2.30. The Morgan fingerprint density at radius 2 is 1.94 bits per heavy atom. The van der Waals surface area contributed by atoms with Gasteiger partial charge in [0.25, 0.3) is 0 Å². The molecule has 0 aliphatic rings. The summed E-state index contributed by atoms with van der Waals surface area (Å²) in [6, 6.07) is 0. The number of nitrogens with zero attached hydrogens (tertiary/aromatic N) is 1. The molecule has 1 rings (SSSR count). The van der Waals surface area contributed by atoms with Gasteiger partial charge in [-0.05, 0) is 18.3 Å². The Hall–Kier alpha value is -0.790. The lowest BCUT2D eigenvalue weighted by Crippen LogP contribution is -2.22. The molecule has 2 nitrogen and oxygen atoms in total. The normalized spacial score (nSPS) is 14.4. The monoisotopic (exact) mass is 222 g/mol. The van der Waals surface area contributed by atoms with Crippen LogP contribution in [0.25, 0.3) is 0 Å². The van der Waals surface area contributed by atoms with E-state index in [1.807, 2.05) is 6.20 Å². The molecule has 0 aromatic carbocycles. The molecule has 1 aromatic rings. The van der Waals surface area contributed by atoms with Gasteiger partial charge in [-0.25, -0.2) is 4.98 Å². The third kappa shape index (κ3) is 3.10. The largest absolute Gasteiger partial charge is 0.345 e. The maximum Gasteiger partial charge on any atom is 0.111 e. The number of imidazole rings is 1. The van der Waals surface area contributed by atoms with Crippen molar-refractivity contribution in [1.82, 2.24) is 9.97 Å². The lowest BCUT2D eigenvalue weighted by Gasteiger charge is -2.25. The molecule has 1 heterocycles. The Morgan fingerprint density at radius 3 is 2.38 bits per heavy atom. The van der Waals surface area contributed by atoms with Crippen LogP contribution in [0.5, 0.6) is 0 Å². The first-order valence-electron chi connectivity index (χ1n) is 6.42. The van der Waals surface area contributed by atoms with Crippen molar-refractivity contribution in [2.24, 2.45) is 5.92 Å². The predicted molar refractivity (Wildman–Crippen MR) is 69.8 cm³/mol. The SMILES string of the molecule is CCC(C)CC(C)(C)c1ncc(C(C)C)[nH]1. The Kier molecular flexibility index (Phi) is 4.17. The van der Waals surface area contributed by atoms with Crippen LogP contribution in [-0.4, -0.2) is 9.97 Å². The molecule has 0 spiro atoms. The van der Waals surface area contributed by atoms with Gasteiger partial charge < -0.3 is 4.98 Å². The lowest BCUT2D eigenvalue weighted by atomic mass is 9.82. The van der Waals surface area contributed by atoms with Crippen LogP contribution in [0.4, 0.5) is 0 Å². The van der Waals surface area contributed by atoms with E-state index in [0.717, 1.165) is 11.7 Å². The predicted octanol–water partition coefficient (Wildman–Crippen LogP) is 4.25. The zero-order valence-corrected chi connectivity index (χ0v) is 11.6. The highest BCUT2D eigenvalue weighted by molar-refractivity contribution is 5.12. The van der Waals surface area contributed by atoms with E-state index < -0.39 is 0 Å². The number of aromatic amines is 1. The number of hydrogen-bond donors (Lipinski definition) is 1. The lowest BCUT2D eigenvalue weighted by molar-refractivity contribution is 0.358. The summed E-state index contributed by atoms with van der Waals surface area (Å²) in [6.45, 7) is 13.5. The van der Waals surface area contributed by atoms with Gasteiger partial charge in [0.05, 0.1) is 0 Å². The van der Waals surface area contributed by atoms with Crippen LogP contribution in [0, 0.1) is 5.92 Å². The molecular weight excluding hydrogens is 196 g/mol. The van der Waals surface area contributed by atoms with Gasteiger partial charge in [0.1, 0.15) is 5.82 Å². The van der Waals surface area contributed by atoms with Gasteiger partial charge in [-0.15, -0.1) is 0 Å². The minimum atomic E-state index is 0.155. The number of rotatable bonds is 5. The Bertz CT molecular complexity index is 323. The second-order valence-corrected chi connectivity index (χ2v) is 5.94. The van der Waals surface area contributed by atoms with Crippen LogP contribution in [0.2, 0.25) is 0 Å². The Morgan fingerprint density at radius 1 is 1.31 bits per heavy atom. The van der Waals surface area contributed by atoms with Crippen LogP contribution in [-0.2, 0) is 5.41 Å². The average Bonchev–Trinajstić information content (AvgIpc) is 2.66. The Labute approximate surface area is 99.9 Å². The highest BCUT2D eigenvalue weighted by atomic mass is 14.9. The molecule has 0 saturated carbocycles. The summed E-state index contributed by atoms with van der Waals surface area (Å²) in [5.74, 6) is 2.42. The van der Waals surface area contributed by atoms with Crippen LogP contribution < -0.4 is 0 Å². The highest BCUT2D eigenvalue weighted by Gasteiger charge is 2.26. The smallest absolute Gasteiger partial charge is 0.111 e. The standard InChI is InChI=1S/C14H26N2/c1-7-11(4)8-14(5,6)13-15-9-12(16-13)10(2)3/h9-11H,7-8H2,1-6H3,(H,15,16). The van der Waals surface area contributed by atoms with E-state index in [0.29, 0.717) is 5.92 Å². The van der Waals surface area contributed by atoms with Gasteiger partial charge in [0.15, 0.2) is 0 Å². The van der Waals surface area contributed by atoms with E-state index in [4.69, 9.17) is 0 Å². The quantitative estimate of drug-likeness (QED) is 0.792. The number of nitrogens with one attached hydrogen (secondary N) is 1. The van der Waals surface area contributed by atoms with Crippen molar-refractivity contribution in [3.8, 4) is 0 Å². The second-order valence-electron chi connectivity index (χ2n) is 5.94. The molecular formula is C14H26N2. The van der Waals surface area contributed by atoms with E-state index in [1.54, 1.807) is 0 Å². The molecule has 0 bridgehead atoms. The molecule has 0 aliphatic heterocycles. The molecule has 0 fully saturated rings. The van der Waals surface area contributed by atoms with Crippen LogP contribution >= 0.6 is 0 Å². The molecule has 2 heteroatoms. The summed E-state index contributed by atoms with van der Waals surface area (Å²) >= 11 is 0. The summed E-state index contributed by atoms with van der Waals surface area (Å²) in [7, 11) is 0. The van der Waals surface area contributed by atoms with Crippen molar-refractivity contribution >= 4 is 0 Å². The van der Waals surface area contributed by atoms with Crippen molar-refractivity contribution in [3.05, 3.63) is 17.7 Å². The van der Waals surface area contributed by atoms with Crippen molar-refractivity contribution in [1.29, 1.82) is 0 Å². The summed E-state index contributed by atoms with van der Waals surface area (Å²) in [4.78, 5) is 8.01. The molecule has 1 atom stereocenters. The molecule has 0 amide bonds. The van der Waals surface area contributed by atoms with Gasteiger partial charge in [0, 0.05) is 17.3 Å². The van der Waals surface area contributed by atoms with Crippen LogP contribution in [0.15, 0.2) is 6.20 Å². The maximum atomic E-state index is 4.54. The fourth-order valence-corrected chi connectivity index (χ4v) is 2.08. The molecule has 1 N–H and O–H groups in total. The molecule has 0 saturated heterocycles. The third-order valence-corrected chi connectivity index (χ3v) is 3.41. The minimum absolute atomic E-state index is 0.155. The number of aromatic nitrogens is 2. The van der Waals surface area contributed by atoms with Gasteiger partial charge in [-0.2, -0.15) is 0 Å². The maximum absolute atomic E-state index is 4.54. The minimum Gasteiger partial charge on any atom is -0.345 e. The fourth-order valence-electron chi connectivity index (χ4n) is 2.08. The molecule has 0 radical (unpaired) electrons. The van der Waals surface area contributed by atoms with E-state index >= 15 is 0 Å². The summed E-state index contributed by atoms with van der Waals surface area (Å²) in [6.07, 6.45) is 4.41. The number of H-pyrrole nitrogens is 1. The molecule has 92 valence electrons. The first kappa shape index (κ1) is 13.3. The third-order valence-electron chi connectivity index (χ3n) is 3.41. The van der Waals surface area contributed by atoms with Gasteiger partial charge in [-0.1, -0.05) is 48.0 Å². The summed E-state index contributed by atoms with van der Waals surface area (Å²) in [5, 5.41) is 0. The summed E-state index contributed by atoms with van der Waals surface area (Å²) in [5.41, 5.74) is 1.40. The molecule has 1 aromatic heterocycles. The van der Waals surface area contributed by atoms with Crippen molar-refractivity contribution < 1.29 is 0 Å². The van der Waals surface area contributed by atoms with Crippen molar-refractivity contribution in [2.45, 2.75) is 65.7 Å². The topological polar surface area (TPSA) is 28.7 Å². The van der Waals surface area contributed by atoms with Crippen molar-refractivity contribution in [3.63, 3.8) is 0 Å². The average molecular weight is 222 g/mol. The van der Waals surface area contributed by atoms with E-state index in [-0.39, 0.29) is 5.41 Å². The summed E-state index contributed by atoms with van der Waals surface area (Å²) < 4.78 is 0. The molecule has 1 unspecified atom stereocenters. The first-order chi connectivity index (χ1) is 7.36. The second kappa shape index (κ2) is 5.03. The van der Waals surface area contributed by atoms with Crippen molar-refractivity contribution in [2.75, 3.05) is 0 Å². The van der Waals surface area contributed by atoms with Gasteiger partial charge >= 0.3 is 0 Å². The first-order valence-corrected chi connectivity index (χ1v) is 6.42. The van der Waals surface area contributed by atoms with E-state index in [9.17, 15) is 0 Å². The van der Waals surface area contributed by atoms with E-state index in [1.165, 1.54) is 18.5 Å². The van der Waals surface area contributed by atoms with Gasteiger partial charge in [0.2, 0.25) is 0 Å².